The molecular weight excluding hydrogens is 330 g/mol. The van der Waals surface area contributed by atoms with Crippen LogP contribution in [0.3, 0.4) is 0 Å². The first-order chi connectivity index (χ1) is 8.90. The Morgan fingerprint density at radius 1 is 1.37 bits per heavy atom. The average molecular weight is 350 g/mol. The van der Waals surface area contributed by atoms with Gasteiger partial charge in [0.25, 0.3) is 0 Å². The molecule has 1 atom stereocenters. The highest BCUT2D eigenvalue weighted by Gasteiger charge is 2.21. The van der Waals surface area contributed by atoms with Crippen molar-refractivity contribution in [2.75, 3.05) is 6.61 Å². The highest BCUT2D eigenvalue weighted by atomic mass is 79.9. The summed E-state index contributed by atoms with van der Waals surface area (Å²) in [6.07, 6.45) is 1.56. The van der Waals surface area contributed by atoms with Crippen molar-refractivity contribution >= 4 is 26.0 Å². The molecule has 1 rings (SSSR count). The van der Waals surface area contributed by atoms with Gasteiger partial charge in [-0.25, -0.2) is 13.1 Å². The molecule has 0 heterocycles. The van der Waals surface area contributed by atoms with Gasteiger partial charge in [0.1, 0.15) is 10.6 Å². The smallest absolute Gasteiger partial charge is 0.244 e. The van der Waals surface area contributed by atoms with E-state index in [1.54, 1.807) is 18.2 Å². The minimum Gasteiger partial charge on any atom is -0.492 e. The van der Waals surface area contributed by atoms with Crippen LogP contribution in [0.25, 0.3) is 0 Å². The van der Waals surface area contributed by atoms with E-state index in [4.69, 9.17) is 4.74 Å². The maximum absolute atomic E-state index is 12.3. The summed E-state index contributed by atoms with van der Waals surface area (Å²) in [4.78, 5) is 0.177. The number of benzene rings is 1. The van der Waals surface area contributed by atoms with Crippen molar-refractivity contribution in [2.24, 2.45) is 0 Å². The van der Waals surface area contributed by atoms with Gasteiger partial charge >= 0.3 is 0 Å². The lowest BCUT2D eigenvalue weighted by Crippen LogP contribution is -2.32. The van der Waals surface area contributed by atoms with Gasteiger partial charge in [-0.1, -0.05) is 29.8 Å². The molecule has 0 saturated heterocycles. The van der Waals surface area contributed by atoms with Crippen molar-refractivity contribution in [3.8, 4) is 5.75 Å². The highest BCUT2D eigenvalue weighted by molar-refractivity contribution is 9.10. The van der Waals surface area contributed by atoms with Gasteiger partial charge in [-0.3, -0.25) is 0 Å². The van der Waals surface area contributed by atoms with Gasteiger partial charge in [-0.15, -0.1) is 0 Å². The Labute approximate surface area is 123 Å². The Kier molecular flexibility index (Phi) is 6.29. The zero-order valence-corrected chi connectivity index (χ0v) is 13.8. The predicted molar refractivity (Wildman–Crippen MR) is 80.0 cm³/mol. The van der Waals surface area contributed by atoms with E-state index in [2.05, 4.69) is 20.7 Å². The fourth-order valence-corrected chi connectivity index (χ4v) is 3.44. The third kappa shape index (κ3) is 4.78. The quantitative estimate of drug-likeness (QED) is 0.821. The zero-order chi connectivity index (χ0) is 14.5. The standard InChI is InChI=1S/C13H20BrNO3S/c1-4-8-18-12-7-6-11(14)9-13(12)19(16,17)15-10(3)5-2/h6-7,9-10,15H,4-5,8H2,1-3H3. The van der Waals surface area contributed by atoms with Gasteiger partial charge in [0.05, 0.1) is 6.61 Å². The Balaban J connectivity index is 3.12. The number of rotatable bonds is 7. The molecule has 1 unspecified atom stereocenters. The van der Waals surface area contributed by atoms with Crippen LogP contribution in [-0.4, -0.2) is 21.1 Å². The second kappa shape index (κ2) is 7.26. The summed E-state index contributed by atoms with van der Waals surface area (Å²) in [5.74, 6) is 0.390. The minimum atomic E-state index is -3.56. The number of halogens is 1. The van der Waals surface area contributed by atoms with Crippen molar-refractivity contribution in [1.82, 2.24) is 4.72 Å². The van der Waals surface area contributed by atoms with Crippen LogP contribution >= 0.6 is 15.9 Å². The van der Waals surface area contributed by atoms with Crippen LogP contribution in [0, 0.1) is 0 Å². The molecule has 0 amide bonds. The van der Waals surface area contributed by atoms with E-state index < -0.39 is 10.0 Å². The molecule has 19 heavy (non-hydrogen) atoms. The van der Waals surface area contributed by atoms with Gasteiger partial charge in [-0.05, 0) is 38.0 Å². The number of hydrogen-bond acceptors (Lipinski definition) is 3. The fraction of sp³-hybridized carbons (Fsp3) is 0.538. The summed E-state index contributed by atoms with van der Waals surface area (Å²) in [5, 5.41) is 0. The predicted octanol–water partition coefficient (Wildman–Crippen LogP) is 3.31. The van der Waals surface area contributed by atoms with Crippen molar-refractivity contribution < 1.29 is 13.2 Å². The summed E-state index contributed by atoms with van der Waals surface area (Å²) in [7, 11) is -3.56. The first kappa shape index (κ1) is 16.5. The first-order valence-electron chi connectivity index (χ1n) is 6.35. The largest absolute Gasteiger partial charge is 0.492 e. The van der Waals surface area contributed by atoms with Crippen molar-refractivity contribution in [3.63, 3.8) is 0 Å². The molecule has 0 saturated carbocycles. The molecule has 0 radical (unpaired) electrons. The average Bonchev–Trinajstić information content (AvgIpc) is 2.36. The Bertz CT molecular complexity index is 517. The second-order valence-corrected chi connectivity index (χ2v) is 6.97. The van der Waals surface area contributed by atoms with Crippen LogP contribution < -0.4 is 9.46 Å². The number of ether oxygens (including phenoxy) is 1. The van der Waals surface area contributed by atoms with Gasteiger partial charge in [-0.2, -0.15) is 0 Å². The Morgan fingerprint density at radius 2 is 2.05 bits per heavy atom. The van der Waals surface area contributed by atoms with Crippen molar-refractivity contribution in [1.29, 1.82) is 0 Å². The van der Waals surface area contributed by atoms with E-state index in [9.17, 15) is 8.42 Å². The Hall–Kier alpha value is -0.590. The van der Waals surface area contributed by atoms with Gasteiger partial charge in [0.2, 0.25) is 10.0 Å². The number of hydrogen-bond donors (Lipinski definition) is 1. The van der Waals surface area contributed by atoms with Crippen LogP contribution in [0.1, 0.15) is 33.6 Å². The number of nitrogens with one attached hydrogen (secondary N) is 1. The lowest BCUT2D eigenvalue weighted by Gasteiger charge is -2.15. The van der Waals surface area contributed by atoms with Crippen LogP contribution in [0.4, 0.5) is 0 Å². The molecule has 108 valence electrons. The molecule has 0 fully saturated rings. The van der Waals surface area contributed by atoms with E-state index in [1.807, 2.05) is 20.8 Å². The van der Waals surface area contributed by atoms with Gasteiger partial charge in [0.15, 0.2) is 0 Å². The van der Waals surface area contributed by atoms with Crippen LogP contribution in [-0.2, 0) is 10.0 Å². The second-order valence-electron chi connectivity index (χ2n) is 4.37. The van der Waals surface area contributed by atoms with E-state index in [0.29, 0.717) is 16.8 Å². The molecule has 6 heteroatoms. The molecular formula is C13H20BrNO3S. The van der Waals surface area contributed by atoms with E-state index in [-0.39, 0.29) is 10.9 Å². The molecule has 1 aromatic rings. The third-order valence-corrected chi connectivity index (χ3v) is 4.73. The molecule has 0 aliphatic carbocycles. The molecule has 1 N–H and O–H groups in total. The fourth-order valence-electron chi connectivity index (χ4n) is 1.43. The summed E-state index contributed by atoms with van der Waals surface area (Å²) in [6, 6.07) is 4.90. The van der Waals surface area contributed by atoms with Crippen LogP contribution in [0.5, 0.6) is 5.75 Å². The summed E-state index contributed by atoms with van der Waals surface area (Å²) in [5.41, 5.74) is 0. The lowest BCUT2D eigenvalue weighted by molar-refractivity contribution is 0.309. The van der Waals surface area contributed by atoms with Crippen molar-refractivity contribution in [3.05, 3.63) is 22.7 Å². The van der Waals surface area contributed by atoms with E-state index in [0.717, 1.165) is 12.8 Å². The third-order valence-electron chi connectivity index (χ3n) is 2.63. The first-order valence-corrected chi connectivity index (χ1v) is 8.63. The van der Waals surface area contributed by atoms with Crippen LogP contribution in [0.15, 0.2) is 27.6 Å². The molecule has 1 aromatic carbocycles. The van der Waals surface area contributed by atoms with Crippen molar-refractivity contribution in [2.45, 2.75) is 44.6 Å². The maximum atomic E-state index is 12.3. The normalized spacial score (nSPS) is 13.3. The molecule has 0 aliphatic rings. The summed E-state index contributed by atoms with van der Waals surface area (Å²) < 4.78 is 33.5. The molecule has 0 aliphatic heterocycles. The minimum absolute atomic E-state index is 0.108. The molecule has 4 nitrogen and oxygen atoms in total. The summed E-state index contributed by atoms with van der Waals surface area (Å²) >= 11 is 3.29. The topological polar surface area (TPSA) is 55.4 Å². The van der Waals surface area contributed by atoms with Gasteiger partial charge in [0, 0.05) is 10.5 Å². The number of sulfonamides is 1. The molecule has 0 bridgehead atoms. The molecule has 0 aromatic heterocycles. The van der Waals surface area contributed by atoms with E-state index >= 15 is 0 Å². The maximum Gasteiger partial charge on any atom is 0.244 e. The lowest BCUT2D eigenvalue weighted by atomic mass is 10.3. The zero-order valence-electron chi connectivity index (χ0n) is 11.4. The van der Waals surface area contributed by atoms with E-state index in [1.165, 1.54) is 0 Å². The van der Waals surface area contributed by atoms with Crippen LogP contribution in [0.2, 0.25) is 0 Å². The highest BCUT2D eigenvalue weighted by Crippen LogP contribution is 2.27. The summed E-state index contributed by atoms with van der Waals surface area (Å²) in [6.45, 7) is 6.24. The Morgan fingerprint density at radius 3 is 2.63 bits per heavy atom. The monoisotopic (exact) mass is 349 g/mol. The molecule has 0 spiro atoms. The van der Waals surface area contributed by atoms with Gasteiger partial charge < -0.3 is 4.74 Å². The SMILES string of the molecule is CCCOc1ccc(Br)cc1S(=O)(=O)NC(C)CC.